The first-order valence-corrected chi connectivity index (χ1v) is 10.6. The molecule has 4 heteroatoms. The fourth-order valence-corrected chi connectivity index (χ4v) is 4.03. The lowest BCUT2D eigenvalue weighted by Gasteiger charge is -2.55. The zero-order valence-corrected chi connectivity index (χ0v) is 16.4. The van der Waals surface area contributed by atoms with E-state index in [4.69, 9.17) is 0 Å². The van der Waals surface area contributed by atoms with Crippen LogP contribution < -0.4 is 10.6 Å². The predicted molar refractivity (Wildman–Crippen MR) is 109 cm³/mol. The second-order valence-corrected chi connectivity index (χ2v) is 8.31. The predicted octanol–water partition coefficient (Wildman–Crippen LogP) is 4.81. The maximum absolute atomic E-state index is 12.2. The van der Waals surface area contributed by atoms with Gasteiger partial charge in [-0.25, -0.2) is 4.79 Å². The van der Waals surface area contributed by atoms with Crippen LogP contribution in [-0.4, -0.2) is 37.1 Å². The molecule has 0 atom stereocenters. The van der Waals surface area contributed by atoms with Crippen LogP contribution in [0.4, 0.5) is 10.5 Å². The van der Waals surface area contributed by atoms with Gasteiger partial charge in [-0.15, -0.1) is 0 Å². The molecule has 0 aromatic heterocycles. The summed E-state index contributed by atoms with van der Waals surface area (Å²) >= 11 is 0. The first-order valence-electron chi connectivity index (χ1n) is 10.6. The van der Waals surface area contributed by atoms with Gasteiger partial charge in [-0.2, -0.15) is 0 Å². The first-order chi connectivity index (χ1) is 12.7. The van der Waals surface area contributed by atoms with Crippen molar-refractivity contribution in [3.8, 4) is 0 Å². The molecule has 2 heterocycles. The molecule has 4 nitrogen and oxygen atoms in total. The van der Waals surface area contributed by atoms with Crippen LogP contribution in [0.15, 0.2) is 24.3 Å². The minimum atomic E-state index is 0.0401. The number of anilines is 1. The zero-order valence-electron chi connectivity index (χ0n) is 16.4. The third kappa shape index (κ3) is 5.23. The molecule has 0 saturated carbocycles. The smallest absolute Gasteiger partial charge is 0.321 e. The van der Waals surface area contributed by atoms with Crippen LogP contribution in [0.1, 0.15) is 63.9 Å². The van der Waals surface area contributed by atoms with Crippen molar-refractivity contribution in [2.75, 3.05) is 31.5 Å². The van der Waals surface area contributed by atoms with Gasteiger partial charge < -0.3 is 15.5 Å². The quantitative estimate of drug-likeness (QED) is 0.590. The lowest BCUT2D eigenvalue weighted by atomic mass is 9.75. The Balaban J connectivity index is 1.28. The molecule has 0 unspecified atom stereocenters. The first kappa shape index (κ1) is 19.2. The summed E-state index contributed by atoms with van der Waals surface area (Å²) in [5.41, 5.74) is 2.66. The van der Waals surface area contributed by atoms with Crippen molar-refractivity contribution in [2.45, 2.75) is 64.7 Å². The zero-order chi connectivity index (χ0) is 18.2. The molecule has 0 aliphatic carbocycles. The number of likely N-dealkylation sites (tertiary alicyclic amines) is 1. The molecule has 0 radical (unpaired) electrons. The van der Waals surface area contributed by atoms with E-state index in [-0.39, 0.29) is 6.03 Å². The summed E-state index contributed by atoms with van der Waals surface area (Å²) in [7, 11) is 0. The minimum Gasteiger partial charge on any atom is -0.323 e. The Labute approximate surface area is 158 Å². The number of nitrogens with one attached hydrogen (secondary N) is 2. The summed E-state index contributed by atoms with van der Waals surface area (Å²) in [4.78, 5) is 14.2. The molecular weight excluding hydrogens is 322 g/mol. The van der Waals surface area contributed by atoms with Gasteiger partial charge in [0.25, 0.3) is 0 Å². The summed E-state index contributed by atoms with van der Waals surface area (Å²) < 4.78 is 0. The van der Waals surface area contributed by atoms with Gasteiger partial charge in [0, 0.05) is 37.3 Å². The van der Waals surface area contributed by atoms with Crippen LogP contribution in [0.3, 0.4) is 0 Å². The van der Waals surface area contributed by atoms with E-state index in [0.29, 0.717) is 5.41 Å². The molecular formula is C22H35N3O. The topological polar surface area (TPSA) is 44.4 Å². The van der Waals surface area contributed by atoms with Gasteiger partial charge in [0.2, 0.25) is 0 Å². The van der Waals surface area contributed by atoms with Gasteiger partial charge in [-0.05, 0) is 30.5 Å². The largest absolute Gasteiger partial charge is 0.323 e. The van der Waals surface area contributed by atoms with Gasteiger partial charge >= 0.3 is 6.03 Å². The normalized spacial score (nSPS) is 17.7. The molecule has 2 N–H and O–H groups in total. The van der Waals surface area contributed by atoms with E-state index < -0.39 is 0 Å². The Kier molecular flexibility index (Phi) is 6.95. The molecule has 26 heavy (non-hydrogen) atoms. The lowest BCUT2D eigenvalue weighted by Crippen LogP contribution is -2.72. The SMILES string of the molecule is CCCCCCCCCCc1ccc(NC(=O)N2CC3(CNC3)C2)cc1. The van der Waals surface area contributed by atoms with Crippen LogP contribution >= 0.6 is 0 Å². The molecule has 3 rings (SSSR count). The van der Waals surface area contributed by atoms with E-state index in [2.05, 4.69) is 29.7 Å². The number of carbonyl (C=O) groups is 1. The number of aryl methyl sites for hydroxylation is 1. The number of urea groups is 1. The molecule has 1 aromatic carbocycles. The molecule has 2 aliphatic heterocycles. The summed E-state index contributed by atoms with van der Waals surface area (Å²) in [6.07, 6.45) is 12.0. The average Bonchev–Trinajstić information content (AvgIpc) is 2.56. The van der Waals surface area contributed by atoms with Crippen molar-refractivity contribution in [1.82, 2.24) is 10.2 Å². The van der Waals surface area contributed by atoms with E-state index in [1.165, 1.54) is 56.9 Å². The standard InChI is InChI=1S/C22H35N3O/c1-2-3-4-5-6-7-8-9-10-19-11-13-20(14-12-19)24-21(26)25-17-22(18-25)15-23-16-22/h11-14,23H,2-10,15-18H2,1H3,(H,24,26). The fourth-order valence-electron chi connectivity index (χ4n) is 4.03. The summed E-state index contributed by atoms with van der Waals surface area (Å²) in [5, 5.41) is 6.32. The van der Waals surface area contributed by atoms with Gasteiger partial charge in [-0.1, -0.05) is 64.0 Å². The number of rotatable bonds is 10. The van der Waals surface area contributed by atoms with E-state index >= 15 is 0 Å². The minimum absolute atomic E-state index is 0.0401. The van der Waals surface area contributed by atoms with E-state index in [9.17, 15) is 4.79 Å². The highest BCUT2D eigenvalue weighted by atomic mass is 16.2. The summed E-state index contributed by atoms with van der Waals surface area (Å²) in [6, 6.07) is 8.43. The van der Waals surface area contributed by atoms with Crippen molar-refractivity contribution in [1.29, 1.82) is 0 Å². The summed E-state index contributed by atoms with van der Waals surface area (Å²) in [5.74, 6) is 0. The third-order valence-electron chi connectivity index (χ3n) is 5.86. The number of benzene rings is 1. The van der Waals surface area contributed by atoms with Gasteiger partial charge in [-0.3, -0.25) is 0 Å². The Morgan fingerprint density at radius 1 is 1.00 bits per heavy atom. The van der Waals surface area contributed by atoms with Gasteiger partial charge in [0.05, 0.1) is 0 Å². The van der Waals surface area contributed by atoms with Gasteiger partial charge in [0.15, 0.2) is 0 Å². The Morgan fingerprint density at radius 2 is 1.62 bits per heavy atom. The average molecular weight is 358 g/mol. The van der Waals surface area contributed by atoms with Crippen molar-refractivity contribution in [3.63, 3.8) is 0 Å². The van der Waals surface area contributed by atoms with E-state index in [1.807, 2.05) is 17.0 Å². The number of hydrogen-bond acceptors (Lipinski definition) is 2. The Hall–Kier alpha value is -1.55. The highest BCUT2D eigenvalue weighted by molar-refractivity contribution is 5.90. The van der Waals surface area contributed by atoms with Crippen LogP contribution in [-0.2, 0) is 6.42 Å². The van der Waals surface area contributed by atoms with Crippen LogP contribution in [0, 0.1) is 5.41 Å². The monoisotopic (exact) mass is 357 g/mol. The van der Waals surface area contributed by atoms with Crippen molar-refractivity contribution in [2.24, 2.45) is 5.41 Å². The molecule has 1 spiro atoms. The summed E-state index contributed by atoms with van der Waals surface area (Å²) in [6.45, 7) is 6.17. The number of hydrogen-bond donors (Lipinski definition) is 2. The van der Waals surface area contributed by atoms with Crippen molar-refractivity contribution in [3.05, 3.63) is 29.8 Å². The number of carbonyl (C=O) groups excluding carboxylic acids is 1. The Morgan fingerprint density at radius 3 is 2.19 bits per heavy atom. The van der Waals surface area contributed by atoms with Crippen LogP contribution in [0.2, 0.25) is 0 Å². The molecule has 0 bridgehead atoms. The molecule has 2 fully saturated rings. The molecule has 2 aliphatic rings. The number of unbranched alkanes of at least 4 members (excludes halogenated alkanes) is 7. The van der Waals surface area contributed by atoms with Crippen LogP contribution in [0.25, 0.3) is 0 Å². The molecule has 2 saturated heterocycles. The highest BCUT2D eigenvalue weighted by Gasteiger charge is 2.49. The van der Waals surface area contributed by atoms with Gasteiger partial charge in [0.1, 0.15) is 0 Å². The second-order valence-electron chi connectivity index (χ2n) is 8.31. The molecule has 2 amide bonds. The fraction of sp³-hybridized carbons (Fsp3) is 0.682. The molecule has 144 valence electrons. The number of amides is 2. The van der Waals surface area contributed by atoms with E-state index in [0.717, 1.165) is 38.3 Å². The van der Waals surface area contributed by atoms with Crippen molar-refractivity contribution >= 4 is 11.7 Å². The third-order valence-corrected chi connectivity index (χ3v) is 5.86. The highest BCUT2D eigenvalue weighted by Crippen LogP contribution is 2.34. The van der Waals surface area contributed by atoms with Crippen molar-refractivity contribution < 1.29 is 4.79 Å². The molecule has 1 aromatic rings. The number of nitrogens with zero attached hydrogens (tertiary/aromatic N) is 1. The lowest BCUT2D eigenvalue weighted by molar-refractivity contribution is -0.00713. The maximum atomic E-state index is 12.2. The van der Waals surface area contributed by atoms with E-state index in [1.54, 1.807) is 0 Å². The second kappa shape index (κ2) is 9.40. The maximum Gasteiger partial charge on any atom is 0.321 e. The Bertz CT molecular complexity index is 557. The van der Waals surface area contributed by atoms with Crippen LogP contribution in [0.5, 0.6) is 0 Å².